The normalized spacial score (nSPS) is 12.3. The van der Waals surface area contributed by atoms with Crippen LogP contribution in [0.1, 0.15) is 84.0 Å². The molecular weight excluding hydrogens is 250 g/mol. The quantitative estimate of drug-likeness (QED) is 0.280. The van der Waals surface area contributed by atoms with Crippen molar-refractivity contribution in [1.82, 2.24) is 5.32 Å². The van der Waals surface area contributed by atoms with E-state index in [1.165, 1.54) is 57.8 Å². The van der Waals surface area contributed by atoms with Crippen molar-refractivity contribution in [2.45, 2.75) is 90.0 Å². The van der Waals surface area contributed by atoms with Crippen molar-refractivity contribution in [1.29, 1.82) is 0 Å². The second kappa shape index (κ2) is 14.7. The molecule has 0 aliphatic carbocycles. The minimum Gasteiger partial charge on any atom is -0.305 e. The van der Waals surface area contributed by atoms with Gasteiger partial charge in [-0.05, 0) is 13.5 Å². The Kier molecular flexibility index (Phi) is 14.2. The topological polar surface area (TPSA) is 46.2 Å². The summed E-state index contributed by atoms with van der Waals surface area (Å²) in [6.45, 7) is 2.25. The third kappa shape index (κ3) is 11.2. The van der Waals surface area contributed by atoms with E-state index < -0.39 is 6.04 Å². The van der Waals surface area contributed by atoms with E-state index in [9.17, 15) is 9.59 Å². The smallest absolute Gasteiger partial charge is 0.157 e. The van der Waals surface area contributed by atoms with E-state index >= 15 is 0 Å². The first kappa shape index (κ1) is 19.3. The fraction of sp³-hybridized carbons (Fsp3) is 0.882. The summed E-state index contributed by atoms with van der Waals surface area (Å²) in [5.41, 5.74) is 0. The lowest BCUT2D eigenvalue weighted by Gasteiger charge is -2.07. The van der Waals surface area contributed by atoms with Crippen LogP contribution in [0.25, 0.3) is 0 Å². The Balaban J connectivity index is 3.24. The predicted molar refractivity (Wildman–Crippen MR) is 85.0 cm³/mol. The fourth-order valence-corrected chi connectivity index (χ4v) is 2.42. The van der Waals surface area contributed by atoms with Crippen molar-refractivity contribution in [3.63, 3.8) is 0 Å². The van der Waals surface area contributed by atoms with Crippen LogP contribution in [0.2, 0.25) is 0 Å². The third-order valence-corrected chi connectivity index (χ3v) is 3.82. The largest absolute Gasteiger partial charge is 0.305 e. The minimum atomic E-state index is -0.599. The highest BCUT2D eigenvalue weighted by Crippen LogP contribution is 2.12. The standard InChI is InChI=1S/C17H33NO2/c1-3-4-5-6-7-8-9-10-11-12-13-14-17(20)16(15-19)18-2/h15-16,18H,3-14H2,1-2H3. The first-order chi connectivity index (χ1) is 9.76. The zero-order valence-electron chi connectivity index (χ0n) is 13.5. The Hall–Kier alpha value is -0.700. The van der Waals surface area contributed by atoms with E-state index in [1.807, 2.05) is 0 Å². The first-order valence-corrected chi connectivity index (χ1v) is 8.41. The molecule has 0 spiro atoms. The van der Waals surface area contributed by atoms with Gasteiger partial charge in [0.1, 0.15) is 12.3 Å². The molecule has 118 valence electrons. The Morgan fingerprint density at radius 1 is 0.900 bits per heavy atom. The molecule has 0 saturated carbocycles. The molecule has 0 fully saturated rings. The Morgan fingerprint density at radius 3 is 1.75 bits per heavy atom. The number of hydrogen-bond donors (Lipinski definition) is 1. The molecule has 0 bridgehead atoms. The Labute approximate surface area is 124 Å². The van der Waals surface area contributed by atoms with Crippen LogP contribution in [0.4, 0.5) is 0 Å². The zero-order chi connectivity index (χ0) is 15.1. The van der Waals surface area contributed by atoms with E-state index in [1.54, 1.807) is 7.05 Å². The van der Waals surface area contributed by atoms with E-state index in [0.717, 1.165) is 12.8 Å². The molecule has 0 aromatic carbocycles. The lowest BCUT2D eigenvalue weighted by molar-refractivity contribution is -0.124. The highest BCUT2D eigenvalue weighted by molar-refractivity contribution is 5.97. The first-order valence-electron chi connectivity index (χ1n) is 8.41. The van der Waals surface area contributed by atoms with E-state index in [-0.39, 0.29) is 5.78 Å². The van der Waals surface area contributed by atoms with E-state index in [2.05, 4.69) is 12.2 Å². The van der Waals surface area contributed by atoms with Crippen molar-refractivity contribution in [2.24, 2.45) is 0 Å². The van der Waals surface area contributed by atoms with Gasteiger partial charge in [0.2, 0.25) is 0 Å². The minimum absolute atomic E-state index is 0.0263. The number of Topliss-reactive ketones (excluding diaryl/α,β-unsaturated/α-hetero) is 1. The number of aldehydes is 1. The molecule has 0 heterocycles. The maximum Gasteiger partial charge on any atom is 0.157 e. The molecule has 1 N–H and O–H groups in total. The summed E-state index contributed by atoms with van der Waals surface area (Å²) in [6, 6.07) is -0.599. The number of ketones is 1. The van der Waals surface area contributed by atoms with Crippen LogP contribution in [-0.2, 0) is 9.59 Å². The number of unbranched alkanes of at least 4 members (excludes halogenated alkanes) is 10. The average Bonchev–Trinajstić information content (AvgIpc) is 2.46. The Bertz CT molecular complexity index is 241. The predicted octanol–water partition coefficient (Wildman–Crippen LogP) is 4.04. The molecule has 1 atom stereocenters. The van der Waals surface area contributed by atoms with Gasteiger partial charge >= 0.3 is 0 Å². The Morgan fingerprint density at radius 2 is 1.35 bits per heavy atom. The number of nitrogens with one attached hydrogen (secondary N) is 1. The number of likely N-dealkylation sites (N-methyl/N-ethyl adjacent to an activating group) is 1. The summed E-state index contributed by atoms with van der Waals surface area (Å²) < 4.78 is 0. The van der Waals surface area contributed by atoms with Gasteiger partial charge < -0.3 is 10.1 Å². The molecular formula is C17H33NO2. The third-order valence-electron chi connectivity index (χ3n) is 3.82. The molecule has 0 aromatic heterocycles. The zero-order valence-corrected chi connectivity index (χ0v) is 13.5. The summed E-state index contributed by atoms with van der Waals surface area (Å²) in [4.78, 5) is 22.2. The second-order valence-corrected chi connectivity index (χ2v) is 5.65. The van der Waals surface area contributed by atoms with Crippen molar-refractivity contribution in [2.75, 3.05) is 7.05 Å². The van der Waals surface area contributed by atoms with E-state index in [4.69, 9.17) is 0 Å². The molecule has 3 heteroatoms. The SMILES string of the molecule is CCCCCCCCCCCCCC(=O)C(C=O)NC. The molecule has 0 aromatic rings. The number of carbonyl (C=O) groups excluding carboxylic acids is 2. The van der Waals surface area contributed by atoms with Crippen LogP contribution in [0.5, 0.6) is 0 Å². The fourth-order valence-electron chi connectivity index (χ4n) is 2.42. The molecule has 3 nitrogen and oxygen atoms in total. The van der Waals surface area contributed by atoms with Crippen LogP contribution in [-0.4, -0.2) is 25.2 Å². The van der Waals surface area contributed by atoms with Gasteiger partial charge in [-0.2, -0.15) is 0 Å². The van der Waals surface area contributed by atoms with Gasteiger partial charge in [0.05, 0.1) is 0 Å². The van der Waals surface area contributed by atoms with Crippen molar-refractivity contribution in [3.8, 4) is 0 Å². The molecule has 0 saturated heterocycles. The molecule has 1 unspecified atom stereocenters. The van der Waals surface area contributed by atoms with Gasteiger partial charge in [0.15, 0.2) is 5.78 Å². The molecule has 0 amide bonds. The second-order valence-electron chi connectivity index (χ2n) is 5.65. The molecule has 0 radical (unpaired) electrons. The average molecular weight is 283 g/mol. The van der Waals surface area contributed by atoms with Gasteiger partial charge in [-0.15, -0.1) is 0 Å². The van der Waals surface area contributed by atoms with Crippen LogP contribution >= 0.6 is 0 Å². The lowest BCUT2D eigenvalue weighted by atomic mass is 10.0. The summed E-state index contributed by atoms with van der Waals surface area (Å²) >= 11 is 0. The van der Waals surface area contributed by atoms with E-state index in [0.29, 0.717) is 12.7 Å². The van der Waals surface area contributed by atoms with Gasteiger partial charge in [-0.1, -0.05) is 71.1 Å². The summed E-state index contributed by atoms with van der Waals surface area (Å²) in [5.74, 6) is 0.0263. The van der Waals surface area contributed by atoms with Crippen molar-refractivity contribution < 1.29 is 9.59 Å². The highest BCUT2D eigenvalue weighted by atomic mass is 16.1. The number of carbonyl (C=O) groups is 2. The molecule has 0 aliphatic rings. The summed E-state index contributed by atoms with van der Waals surface area (Å²) in [6.07, 6.45) is 15.3. The highest BCUT2D eigenvalue weighted by Gasteiger charge is 2.13. The lowest BCUT2D eigenvalue weighted by Crippen LogP contribution is -2.35. The van der Waals surface area contributed by atoms with Crippen molar-refractivity contribution in [3.05, 3.63) is 0 Å². The molecule has 0 aliphatic heterocycles. The van der Waals surface area contributed by atoms with Gasteiger partial charge in [0.25, 0.3) is 0 Å². The summed E-state index contributed by atoms with van der Waals surface area (Å²) in [5, 5.41) is 2.72. The van der Waals surface area contributed by atoms with Gasteiger partial charge in [-0.3, -0.25) is 4.79 Å². The molecule has 0 rings (SSSR count). The molecule has 20 heavy (non-hydrogen) atoms. The number of rotatable bonds is 15. The monoisotopic (exact) mass is 283 g/mol. The number of hydrogen-bond acceptors (Lipinski definition) is 3. The maximum atomic E-state index is 11.6. The van der Waals surface area contributed by atoms with Crippen LogP contribution in [0.15, 0.2) is 0 Å². The maximum absolute atomic E-state index is 11.6. The van der Waals surface area contributed by atoms with Gasteiger partial charge in [0, 0.05) is 6.42 Å². The van der Waals surface area contributed by atoms with Crippen LogP contribution in [0.3, 0.4) is 0 Å². The summed E-state index contributed by atoms with van der Waals surface area (Å²) in [7, 11) is 1.65. The van der Waals surface area contributed by atoms with Gasteiger partial charge in [-0.25, -0.2) is 0 Å². The van der Waals surface area contributed by atoms with Crippen LogP contribution in [0, 0.1) is 0 Å². The van der Waals surface area contributed by atoms with Crippen LogP contribution < -0.4 is 5.32 Å². The van der Waals surface area contributed by atoms with Crippen molar-refractivity contribution >= 4 is 12.1 Å².